The van der Waals surface area contributed by atoms with Crippen LogP contribution in [-0.4, -0.2) is 18.7 Å². The Morgan fingerprint density at radius 2 is 1.60 bits per heavy atom. The summed E-state index contributed by atoms with van der Waals surface area (Å²) in [6.45, 7) is 7.04. The SMILES string of the molecule is CCOc1ccc(OCc2ccc(C(=O)N/N=C\c3cc(C)ccc3C)cc2)cc1. The van der Waals surface area contributed by atoms with E-state index in [-0.39, 0.29) is 5.91 Å². The van der Waals surface area contributed by atoms with Crippen molar-refractivity contribution >= 4 is 12.1 Å². The Bertz CT molecular complexity index is 1010. The van der Waals surface area contributed by atoms with Crippen molar-refractivity contribution in [3.63, 3.8) is 0 Å². The summed E-state index contributed by atoms with van der Waals surface area (Å²) in [5, 5.41) is 4.08. The lowest BCUT2D eigenvalue weighted by atomic mass is 10.1. The molecule has 0 unspecified atom stereocenters. The first kappa shape index (κ1) is 21.1. The van der Waals surface area contributed by atoms with E-state index in [4.69, 9.17) is 9.47 Å². The zero-order valence-electron chi connectivity index (χ0n) is 17.5. The molecule has 5 heteroatoms. The zero-order chi connectivity index (χ0) is 21.3. The van der Waals surface area contributed by atoms with Gasteiger partial charge in [-0.25, -0.2) is 5.43 Å². The van der Waals surface area contributed by atoms with E-state index in [9.17, 15) is 4.79 Å². The van der Waals surface area contributed by atoms with Crippen molar-refractivity contribution in [2.75, 3.05) is 6.61 Å². The highest BCUT2D eigenvalue weighted by atomic mass is 16.5. The molecule has 0 radical (unpaired) electrons. The predicted molar refractivity (Wildman–Crippen MR) is 119 cm³/mol. The van der Waals surface area contributed by atoms with E-state index >= 15 is 0 Å². The van der Waals surface area contributed by atoms with E-state index in [1.165, 1.54) is 0 Å². The number of hydrogen-bond acceptors (Lipinski definition) is 4. The lowest BCUT2D eigenvalue weighted by Crippen LogP contribution is -2.17. The number of hydrogen-bond donors (Lipinski definition) is 1. The summed E-state index contributed by atoms with van der Waals surface area (Å²) in [5.41, 5.74) is 7.33. The van der Waals surface area contributed by atoms with Gasteiger partial charge < -0.3 is 9.47 Å². The molecule has 0 aliphatic rings. The minimum absolute atomic E-state index is 0.254. The van der Waals surface area contributed by atoms with Crippen LogP contribution in [0.5, 0.6) is 11.5 Å². The normalized spacial score (nSPS) is 10.8. The number of aryl methyl sites for hydroxylation is 2. The van der Waals surface area contributed by atoms with Gasteiger partial charge >= 0.3 is 0 Å². The molecule has 0 aliphatic heterocycles. The molecule has 0 spiro atoms. The second-order valence-corrected chi connectivity index (χ2v) is 6.95. The van der Waals surface area contributed by atoms with E-state index in [2.05, 4.69) is 10.5 Å². The van der Waals surface area contributed by atoms with Gasteiger partial charge in [-0.1, -0.05) is 35.9 Å². The van der Waals surface area contributed by atoms with E-state index in [1.807, 2.05) is 75.4 Å². The fourth-order valence-electron chi connectivity index (χ4n) is 2.84. The van der Waals surface area contributed by atoms with Gasteiger partial charge in [0.05, 0.1) is 12.8 Å². The largest absolute Gasteiger partial charge is 0.494 e. The number of nitrogens with zero attached hydrogens (tertiary/aromatic N) is 1. The maximum atomic E-state index is 12.3. The number of ether oxygens (including phenoxy) is 2. The van der Waals surface area contributed by atoms with Gasteiger partial charge in [-0.05, 0) is 73.9 Å². The van der Waals surface area contributed by atoms with Crippen LogP contribution < -0.4 is 14.9 Å². The van der Waals surface area contributed by atoms with E-state index in [1.54, 1.807) is 18.3 Å². The van der Waals surface area contributed by atoms with Crippen LogP contribution in [0.15, 0.2) is 71.8 Å². The molecule has 3 aromatic carbocycles. The van der Waals surface area contributed by atoms with Crippen LogP contribution in [0.4, 0.5) is 0 Å². The first-order valence-corrected chi connectivity index (χ1v) is 9.90. The van der Waals surface area contributed by atoms with E-state index in [0.717, 1.165) is 33.8 Å². The number of amides is 1. The van der Waals surface area contributed by atoms with Crippen LogP contribution in [0.2, 0.25) is 0 Å². The quantitative estimate of drug-likeness (QED) is 0.424. The van der Waals surface area contributed by atoms with Crippen molar-refractivity contribution < 1.29 is 14.3 Å². The van der Waals surface area contributed by atoms with Gasteiger partial charge in [0.25, 0.3) is 5.91 Å². The molecule has 1 amide bonds. The molecule has 5 nitrogen and oxygen atoms in total. The van der Waals surface area contributed by atoms with Crippen LogP contribution in [0.3, 0.4) is 0 Å². The van der Waals surface area contributed by atoms with E-state index < -0.39 is 0 Å². The molecular formula is C25H26N2O3. The second-order valence-electron chi connectivity index (χ2n) is 6.95. The Balaban J connectivity index is 1.52. The summed E-state index contributed by atoms with van der Waals surface area (Å²) >= 11 is 0. The van der Waals surface area contributed by atoms with Crippen LogP contribution >= 0.6 is 0 Å². The van der Waals surface area contributed by atoms with Gasteiger partial charge in [-0.2, -0.15) is 5.10 Å². The first-order chi connectivity index (χ1) is 14.5. The smallest absolute Gasteiger partial charge is 0.271 e. The summed E-state index contributed by atoms with van der Waals surface area (Å²) in [6.07, 6.45) is 1.67. The lowest BCUT2D eigenvalue weighted by Gasteiger charge is -2.08. The average Bonchev–Trinajstić information content (AvgIpc) is 2.76. The van der Waals surface area contributed by atoms with Crippen molar-refractivity contribution in [1.29, 1.82) is 0 Å². The number of rotatable bonds is 8. The maximum absolute atomic E-state index is 12.3. The third-order valence-electron chi connectivity index (χ3n) is 4.56. The molecule has 0 aromatic heterocycles. The van der Waals surface area contributed by atoms with Crippen molar-refractivity contribution in [2.24, 2.45) is 5.10 Å². The second kappa shape index (κ2) is 10.3. The van der Waals surface area contributed by atoms with Crippen molar-refractivity contribution in [3.8, 4) is 11.5 Å². The van der Waals surface area contributed by atoms with Crippen molar-refractivity contribution in [3.05, 3.63) is 94.5 Å². The molecule has 154 valence electrons. The van der Waals surface area contributed by atoms with Gasteiger partial charge in [0.2, 0.25) is 0 Å². The summed E-state index contributed by atoms with van der Waals surface area (Å²) in [7, 11) is 0. The molecule has 0 saturated carbocycles. The summed E-state index contributed by atoms with van der Waals surface area (Å²) in [5.74, 6) is 1.33. The van der Waals surface area contributed by atoms with Gasteiger partial charge in [-0.15, -0.1) is 0 Å². The van der Waals surface area contributed by atoms with E-state index in [0.29, 0.717) is 18.8 Å². The predicted octanol–water partition coefficient (Wildman–Crippen LogP) is 5.05. The molecular weight excluding hydrogens is 376 g/mol. The van der Waals surface area contributed by atoms with Gasteiger partial charge in [0.1, 0.15) is 18.1 Å². The summed E-state index contributed by atoms with van der Waals surface area (Å²) < 4.78 is 11.2. The summed E-state index contributed by atoms with van der Waals surface area (Å²) in [4.78, 5) is 12.3. The Labute approximate surface area is 177 Å². The lowest BCUT2D eigenvalue weighted by molar-refractivity contribution is 0.0955. The number of nitrogens with one attached hydrogen (secondary N) is 1. The van der Waals surface area contributed by atoms with Crippen molar-refractivity contribution in [2.45, 2.75) is 27.4 Å². The third kappa shape index (κ3) is 5.95. The van der Waals surface area contributed by atoms with Gasteiger partial charge in [0, 0.05) is 5.56 Å². The number of hydrazone groups is 1. The molecule has 0 aliphatic carbocycles. The van der Waals surface area contributed by atoms with Gasteiger partial charge in [-0.3, -0.25) is 4.79 Å². The maximum Gasteiger partial charge on any atom is 0.271 e. The number of benzene rings is 3. The first-order valence-electron chi connectivity index (χ1n) is 9.90. The molecule has 30 heavy (non-hydrogen) atoms. The highest BCUT2D eigenvalue weighted by Crippen LogP contribution is 2.19. The molecule has 0 fully saturated rings. The minimum Gasteiger partial charge on any atom is -0.494 e. The van der Waals surface area contributed by atoms with Crippen LogP contribution in [0, 0.1) is 13.8 Å². The van der Waals surface area contributed by atoms with Crippen LogP contribution in [0.1, 0.15) is 39.5 Å². The topological polar surface area (TPSA) is 59.9 Å². The molecule has 0 heterocycles. The molecule has 3 rings (SSSR count). The van der Waals surface area contributed by atoms with Crippen molar-refractivity contribution in [1.82, 2.24) is 5.43 Å². The van der Waals surface area contributed by atoms with Gasteiger partial charge in [0.15, 0.2) is 0 Å². The Kier molecular flexibility index (Phi) is 7.22. The van der Waals surface area contributed by atoms with Crippen LogP contribution in [0.25, 0.3) is 0 Å². The monoisotopic (exact) mass is 402 g/mol. The molecule has 0 saturated heterocycles. The molecule has 3 aromatic rings. The minimum atomic E-state index is -0.254. The third-order valence-corrected chi connectivity index (χ3v) is 4.56. The number of carbonyl (C=O) groups is 1. The highest BCUT2D eigenvalue weighted by molar-refractivity contribution is 5.95. The average molecular weight is 402 g/mol. The molecule has 0 atom stereocenters. The summed E-state index contributed by atoms with van der Waals surface area (Å²) in [6, 6.07) is 20.9. The number of carbonyl (C=O) groups excluding carboxylic acids is 1. The highest BCUT2D eigenvalue weighted by Gasteiger charge is 2.05. The molecule has 0 bridgehead atoms. The fraction of sp³-hybridized carbons (Fsp3) is 0.200. The Morgan fingerprint density at radius 3 is 2.27 bits per heavy atom. The fourth-order valence-corrected chi connectivity index (χ4v) is 2.84. The molecule has 1 N–H and O–H groups in total. The Morgan fingerprint density at radius 1 is 0.933 bits per heavy atom. The Hall–Kier alpha value is -3.60. The zero-order valence-corrected chi connectivity index (χ0v) is 17.5. The van der Waals surface area contributed by atoms with Crippen LogP contribution in [-0.2, 0) is 6.61 Å². The standard InChI is InChI=1S/C25H26N2O3/c1-4-29-23-11-13-24(14-12-23)30-17-20-7-9-21(10-8-20)25(28)27-26-16-22-15-18(2)5-6-19(22)3/h5-16H,4,17H2,1-3H3,(H,27,28)/b26-16-.